The van der Waals surface area contributed by atoms with Crippen molar-refractivity contribution in [2.24, 2.45) is 0 Å². The molecule has 13 heavy (non-hydrogen) atoms. The molecule has 0 aliphatic heterocycles. The van der Waals surface area contributed by atoms with Crippen molar-refractivity contribution in [1.82, 2.24) is 0 Å². The van der Waals surface area contributed by atoms with Gasteiger partial charge in [0.1, 0.15) is 0 Å². The van der Waals surface area contributed by atoms with E-state index in [4.69, 9.17) is 32.1 Å². The van der Waals surface area contributed by atoms with Crippen LogP contribution in [0.5, 0.6) is 0 Å². The van der Waals surface area contributed by atoms with Crippen LogP contribution in [-0.4, -0.2) is 0 Å². The predicted octanol–water partition coefficient (Wildman–Crippen LogP) is -7.50. The summed E-state index contributed by atoms with van der Waals surface area (Å²) in [5.74, 6) is 0. The van der Waals surface area contributed by atoms with Gasteiger partial charge in [-0.05, 0) is 0 Å². The fourth-order valence-electron chi connectivity index (χ4n) is 0. The van der Waals surface area contributed by atoms with Crippen LogP contribution < -0.4 is 22.1 Å². The number of hydrogen-bond acceptors (Lipinski definition) is 9. The van der Waals surface area contributed by atoms with E-state index < -0.39 is 55.8 Å². The van der Waals surface area contributed by atoms with E-state index in [-0.39, 0.29) is 31.1 Å². The first-order chi connectivity index (χ1) is 5.20. The van der Waals surface area contributed by atoms with E-state index in [1.807, 2.05) is 0 Å². The first kappa shape index (κ1) is 24.5. The smallest absolute Gasteiger partial charge is 6.00 e. The molecule has 0 aliphatic rings. The maximum absolute atomic E-state index is 8.58. The first-order valence-corrected chi connectivity index (χ1v) is 7.57. The second kappa shape index (κ2) is 19.9. The Morgan fingerprint density at radius 2 is 0.538 bits per heavy atom. The molecule has 0 aromatic heterocycles. The minimum absolute atomic E-state index is 0. The normalized spacial score (nSPS) is 6.00. The second-order valence-corrected chi connectivity index (χ2v) is 3.09. The Kier molecular flexibility index (Phi) is 37.5. The third kappa shape index (κ3) is 395. The summed E-state index contributed by atoms with van der Waals surface area (Å²) in [6.45, 7) is 0. The first-order valence-electron chi connectivity index (χ1n) is 1.84. The zero-order valence-corrected chi connectivity index (χ0v) is 14.5. The molecule has 0 bridgehead atoms. The molecule has 0 atom stereocenters. The van der Waals surface area contributed by atoms with Crippen molar-refractivity contribution in [3.05, 3.63) is 0 Å². The van der Waals surface area contributed by atoms with Gasteiger partial charge in [-0.25, -0.2) is 0 Å². The van der Waals surface area contributed by atoms with Crippen LogP contribution in [0.4, 0.5) is 0 Å². The average Bonchev–Trinajstić information content (AvgIpc) is 1.54. The Morgan fingerprint density at radius 1 is 0.538 bits per heavy atom. The number of hydrogen-bond donors (Lipinski definition) is 0. The molecule has 0 unspecified atom stereocenters. The monoisotopic (exact) mass is 526 g/mol. The Hall–Kier alpha value is 2.35. The summed E-state index contributed by atoms with van der Waals surface area (Å²) in [6.07, 6.45) is 0. The van der Waals surface area contributed by atoms with Gasteiger partial charge in [0.15, 0.2) is 0 Å². The Balaban J connectivity index is -0.0000000450. The van der Waals surface area contributed by atoms with E-state index in [1.54, 1.807) is 0 Å². The van der Waals surface area contributed by atoms with E-state index in [9.17, 15) is 0 Å². The minimum atomic E-state index is -4.08. The van der Waals surface area contributed by atoms with Crippen molar-refractivity contribution in [3.8, 4) is 0 Å². The van der Waals surface area contributed by atoms with Gasteiger partial charge in [-0.3, -0.25) is 0 Å². The molecule has 9 nitrogen and oxygen atoms in total. The zero-order valence-electron chi connectivity index (χ0n) is 5.67. The number of rotatable bonds is 0. The van der Waals surface area contributed by atoms with E-state index in [1.165, 1.54) is 0 Å². The average molecular weight is 526 g/mol. The Bertz CT molecular complexity index is 112. The largest absolute Gasteiger partial charge is 6.00 e. The maximum Gasteiger partial charge on any atom is 6.00 e. The molecule has 0 N–H and O–H groups in total. The maximum atomic E-state index is 8.58. The van der Waals surface area contributed by atoms with E-state index in [2.05, 4.69) is 0 Å². The van der Waals surface area contributed by atoms with Crippen molar-refractivity contribution in [2.45, 2.75) is 0 Å². The minimum Gasteiger partial charge on any atom is 6.00 e. The molecule has 0 amide bonds. The summed E-state index contributed by atoms with van der Waals surface area (Å²) < 4.78 is 77.2. The molecule has 0 aliphatic carbocycles. The van der Waals surface area contributed by atoms with Gasteiger partial charge in [-0.15, -0.1) is 0 Å². The van der Waals surface area contributed by atoms with Crippen molar-refractivity contribution in [3.63, 3.8) is 0 Å². The summed E-state index contributed by atoms with van der Waals surface area (Å²) in [5.41, 5.74) is 0. The van der Waals surface area contributed by atoms with Crippen molar-refractivity contribution < 1.29 is 119 Å². The van der Waals surface area contributed by atoms with Gasteiger partial charge in [0, 0.05) is 0 Å². The molecule has 0 radical (unpaired) electrons. The molecular weight excluding hydrogens is 526 g/mol. The molecule has 13 heteroatoms. The van der Waals surface area contributed by atoms with E-state index >= 15 is 0 Å². The van der Waals surface area contributed by atoms with Crippen molar-refractivity contribution in [1.29, 1.82) is 0 Å². The second-order valence-electron chi connectivity index (χ2n) is 0.750. The van der Waals surface area contributed by atoms with Crippen LogP contribution in [0.2, 0.25) is 0 Å². The van der Waals surface area contributed by atoms with Crippen LogP contribution in [0.25, 0.3) is 0 Å². The van der Waals surface area contributed by atoms with Gasteiger partial charge < -0.3 is 0 Å². The Labute approximate surface area is 117 Å². The van der Waals surface area contributed by atoms with Crippen LogP contribution in [0, 0.1) is 31.1 Å². The standard InChI is InChI=1S/9O.3Ti.U/q;;;6*-1;;;;+6. The molecule has 70 valence electrons. The molecular formula is O9Ti3U. The van der Waals surface area contributed by atoms with Crippen LogP contribution in [-0.2, 0) is 65.8 Å². The molecule has 0 fully saturated rings. The molecule has 0 spiro atoms. The van der Waals surface area contributed by atoms with Gasteiger partial charge in [-0.2, -0.15) is 0 Å². The molecule has 0 aromatic carbocycles. The van der Waals surface area contributed by atoms with Crippen molar-refractivity contribution in [2.75, 3.05) is 0 Å². The quantitative estimate of drug-likeness (QED) is 0.277. The van der Waals surface area contributed by atoms with Crippen LogP contribution in [0.15, 0.2) is 0 Å². The predicted molar refractivity (Wildman–Crippen MR) is 2.06 cm³/mol. The SMILES string of the molecule is [O]=[Ti]([O-])[O-].[O]=[Ti]([O-])[O-].[O]=[Ti]([O-])[O-].[U+6]. The fourth-order valence-corrected chi connectivity index (χ4v) is 0. The summed E-state index contributed by atoms with van der Waals surface area (Å²) in [5, 5.41) is 0. The van der Waals surface area contributed by atoms with Crippen LogP contribution in [0.1, 0.15) is 0 Å². The molecule has 0 saturated carbocycles. The van der Waals surface area contributed by atoms with Gasteiger partial charge in [0.2, 0.25) is 0 Å². The van der Waals surface area contributed by atoms with Crippen LogP contribution >= 0.6 is 0 Å². The fraction of sp³-hybridized carbons (Fsp3) is 0. The molecule has 0 rings (SSSR count). The van der Waals surface area contributed by atoms with Gasteiger partial charge in [0.05, 0.1) is 0 Å². The zero-order chi connectivity index (χ0) is 10.7. The third-order valence-corrected chi connectivity index (χ3v) is 0. The van der Waals surface area contributed by atoms with Gasteiger partial charge >= 0.3 is 119 Å². The van der Waals surface area contributed by atoms with E-state index in [0.717, 1.165) is 0 Å². The Morgan fingerprint density at radius 3 is 0.538 bits per heavy atom. The summed E-state index contributed by atoms with van der Waals surface area (Å²) >= 11 is -12.2. The third-order valence-electron chi connectivity index (χ3n) is 0. The molecule has 0 heterocycles. The summed E-state index contributed by atoms with van der Waals surface area (Å²) in [4.78, 5) is 0. The topological polar surface area (TPSA) is 190 Å². The van der Waals surface area contributed by atoms with E-state index in [0.29, 0.717) is 0 Å². The van der Waals surface area contributed by atoms with Crippen molar-refractivity contribution >= 4 is 0 Å². The summed E-state index contributed by atoms with van der Waals surface area (Å²) in [6, 6.07) is 0. The van der Waals surface area contributed by atoms with Gasteiger partial charge in [-0.1, -0.05) is 0 Å². The molecule has 0 aromatic rings. The van der Waals surface area contributed by atoms with Gasteiger partial charge in [0.25, 0.3) is 0 Å². The molecule has 0 saturated heterocycles. The summed E-state index contributed by atoms with van der Waals surface area (Å²) in [7, 11) is 0. The van der Waals surface area contributed by atoms with Crippen LogP contribution in [0.3, 0.4) is 0 Å².